The van der Waals surface area contributed by atoms with Gasteiger partial charge < -0.3 is 9.47 Å². The van der Waals surface area contributed by atoms with E-state index in [2.05, 4.69) is 13.8 Å². The number of carbonyl (C=O) groups excluding carboxylic acids is 1. The number of ether oxygens (including phenoxy) is 2. The molecule has 0 spiro atoms. The Kier molecular flexibility index (Phi) is 7.91. The Bertz CT molecular complexity index is 374. The summed E-state index contributed by atoms with van der Waals surface area (Å²) in [5, 5.41) is 0. The predicted octanol–water partition coefficient (Wildman–Crippen LogP) is 3.96. The summed E-state index contributed by atoms with van der Waals surface area (Å²) < 4.78 is 10.7. The standard InChI is InChI=1S/C16H24O3/c1-3-5-10-18-13-14-8-7-9-15(12-14)16(17)19-11-6-4-2/h7-9,12H,3-6,10-11,13H2,1-2H3. The second-order valence-corrected chi connectivity index (χ2v) is 4.60. The van der Waals surface area contributed by atoms with Gasteiger partial charge in [-0.25, -0.2) is 4.79 Å². The van der Waals surface area contributed by atoms with Crippen LogP contribution in [0.5, 0.6) is 0 Å². The Morgan fingerprint density at radius 2 is 1.84 bits per heavy atom. The second-order valence-electron chi connectivity index (χ2n) is 4.60. The van der Waals surface area contributed by atoms with Crippen molar-refractivity contribution in [3.8, 4) is 0 Å². The minimum atomic E-state index is -0.246. The third kappa shape index (κ3) is 6.39. The van der Waals surface area contributed by atoms with Crippen molar-refractivity contribution >= 4 is 5.97 Å². The van der Waals surface area contributed by atoms with Gasteiger partial charge in [-0.1, -0.05) is 38.8 Å². The molecule has 0 radical (unpaired) electrons. The van der Waals surface area contributed by atoms with Gasteiger partial charge in [-0.2, -0.15) is 0 Å². The number of hydrogen-bond donors (Lipinski definition) is 0. The van der Waals surface area contributed by atoms with Crippen molar-refractivity contribution in [2.24, 2.45) is 0 Å². The summed E-state index contributed by atoms with van der Waals surface area (Å²) in [6.45, 7) is 6.02. The van der Waals surface area contributed by atoms with Crippen molar-refractivity contribution in [2.75, 3.05) is 13.2 Å². The highest BCUT2D eigenvalue weighted by atomic mass is 16.5. The zero-order chi connectivity index (χ0) is 13.9. The summed E-state index contributed by atoms with van der Waals surface area (Å²) in [5.74, 6) is -0.246. The Morgan fingerprint density at radius 3 is 2.58 bits per heavy atom. The fourth-order valence-electron chi connectivity index (χ4n) is 1.62. The quantitative estimate of drug-likeness (QED) is 0.500. The molecule has 0 aliphatic rings. The lowest BCUT2D eigenvalue weighted by Crippen LogP contribution is -2.07. The summed E-state index contributed by atoms with van der Waals surface area (Å²) in [7, 11) is 0. The minimum absolute atomic E-state index is 0.246. The second kappa shape index (κ2) is 9.56. The molecule has 0 amide bonds. The first-order valence-electron chi connectivity index (χ1n) is 7.11. The van der Waals surface area contributed by atoms with Crippen molar-refractivity contribution in [2.45, 2.75) is 46.1 Å². The molecule has 0 N–H and O–H groups in total. The fraction of sp³-hybridized carbons (Fsp3) is 0.562. The monoisotopic (exact) mass is 264 g/mol. The van der Waals surface area contributed by atoms with Gasteiger partial charge in [0.1, 0.15) is 0 Å². The third-order valence-corrected chi connectivity index (χ3v) is 2.80. The molecule has 0 saturated carbocycles. The van der Waals surface area contributed by atoms with Gasteiger partial charge >= 0.3 is 5.97 Å². The smallest absolute Gasteiger partial charge is 0.338 e. The molecule has 19 heavy (non-hydrogen) atoms. The molecule has 0 heterocycles. The van der Waals surface area contributed by atoms with Crippen LogP contribution in [0.3, 0.4) is 0 Å². The van der Waals surface area contributed by atoms with E-state index in [9.17, 15) is 4.79 Å². The van der Waals surface area contributed by atoms with Crippen LogP contribution in [0.4, 0.5) is 0 Å². The van der Waals surface area contributed by atoms with E-state index < -0.39 is 0 Å². The van der Waals surface area contributed by atoms with Crippen LogP contribution in [0.25, 0.3) is 0 Å². The Labute approximate surface area is 115 Å². The maximum Gasteiger partial charge on any atom is 0.338 e. The number of rotatable bonds is 9. The van der Waals surface area contributed by atoms with E-state index in [4.69, 9.17) is 9.47 Å². The lowest BCUT2D eigenvalue weighted by Gasteiger charge is -2.07. The molecule has 0 aromatic heterocycles. The van der Waals surface area contributed by atoms with Crippen LogP contribution < -0.4 is 0 Å². The summed E-state index contributed by atoms with van der Waals surface area (Å²) in [6, 6.07) is 7.47. The van der Waals surface area contributed by atoms with E-state index in [-0.39, 0.29) is 5.97 Å². The van der Waals surface area contributed by atoms with E-state index in [1.54, 1.807) is 6.07 Å². The lowest BCUT2D eigenvalue weighted by atomic mass is 10.1. The molecular weight excluding hydrogens is 240 g/mol. The Hall–Kier alpha value is -1.35. The topological polar surface area (TPSA) is 35.5 Å². The van der Waals surface area contributed by atoms with Crippen LogP contribution in [0.2, 0.25) is 0 Å². The maximum absolute atomic E-state index is 11.8. The van der Waals surface area contributed by atoms with Crippen LogP contribution in [0.15, 0.2) is 24.3 Å². The van der Waals surface area contributed by atoms with Crippen LogP contribution in [-0.2, 0) is 16.1 Å². The number of carbonyl (C=O) groups is 1. The molecule has 3 heteroatoms. The van der Waals surface area contributed by atoms with E-state index in [1.165, 1.54) is 0 Å². The molecule has 1 aromatic carbocycles. The van der Waals surface area contributed by atoms with Crippen molar-refractivity contribution < 1.29 is 14.3 Å². The largest absolute Gasteiger partial charge is 0.462 e. The van der Waals surface area contributed by atoms with Crippen LogP contribution in [0, 0.1) is 0 Å². The molecular formula is C16H24O3. The summed E-state index contributed by atoms with van der Waals surface area (Å²) in [5.41, 5.74) is 1.62. The van der Waals surface area contributed by atoms with Crippen molar-refractivity contribution in [3.05, 3.63) is 35.4 Å². The van der Waals surface area contributed by atoms with Gasteiger partial charge in [-0.05, 0) is 30.5 Å². The van der Waals surface area contributed by atoms with Crippen LogP contribution in [-0.4, -0.2) is 19.2 Å². The molecule has 0 fully saturated rings. The molecule has 0 atom stereocenters. The molecule has 106 valence electrons. The van der Waals surface area contributed by atoms with E-state index in [0.717, 1.165) is 37.9 Å². The predicted molar refractivity (Wildman–Crippen MR) is 76.2 cm³/mol. The van der Waals surface area contributed by atoms with E-state index in [0.29, 0.717) is 18.8 Å². The first-order valence-corrected chi connectivity index (χ1v) is 7.11. The van der Waals surface area contributed by atoms with Crippen molar-refractivity contribution in [3.63, 3.8) is 0 Å². The van der Waals surface area contributed by atoms with E-state index >= 15 is 0 Å². The van der Waals surface area contributed by atoms with Gasteiger partial charge in [0.25, 0.3) is 0 Å². The Balaban J connectivity index is 2.44. The number of esters is 1. The van der Waals surface area contributed by atoms with Crippen LogP contribution >= 0.6 is 0 Å². The highest BCUT2D eigenvalue weighted by molar-refractivity contribution is 5.89. The third-order valence-electron chi connectivity index (χ3n) is 2.80. The van der Waals surface area contributed by atoms with Gasteiger partial charge in [0.2, 0.25) is 0 Å². The first-order chi connectivity index (χ1) is 9.27. The highest BCUT2D eigenvalue weighted by Crippen LogP contribution is 2.09. The molecule has 0 aliphatic heterocycles. The lowest BCUT2D eigenvalue weighted by molar-refractivity contribution is 0.0499. The fourth-order valence-corrected chi connectivity index (χ4v) is 1.62. The van der Waals surface area contributed by atoms with Crippen molar-refractivity contribution in [1.29, 1.82) is 0 Å². The molecule has 1 aromatic rings. The zero-order valence-electron chi connectivity index (χ0n) is 12.0. The normalized spacial score (nSPS) is 10.4. The number of unbranched alkanes of at least 4 members (excludes halogenated alkanes) is 2. The van der Waals surface area contributed by atoms with Gasteiger partial charge in [0.05, 0.1) is 18.8 Å². The maximum atomic E-state index is 11.8. The summed E-state index contributed by atoms with van der Waals surface area (Å²) in [4.78, 5) is 11.8. The average molecular weight is 264 g/mol. The van der Waals surface area contributed by atoms with Crippen LogP contribution in [0.1, 0.15) is 55.5 Å². The van der Waals surface area contributed by atoms with Gasteiger partial charge in [0.15, 0.2) is 0 Å². The van der Waals surface area contributed by atoms with Crippen molar-refractivity contribution in [1.82, 2.24) is 0 Å². The summed E-state index contributed by atoms with van der Waals surface area (Å²) >= 11 is 0. The molecule has 0 saturated heterocycles. The SMILES string of the molecule is CCCCOCc1cccc(C(=O)OCCCC)c1. The molecule has 3 nitrogen and oxygen atoms in total. The molecule has 0 unspecified atom stereocenters. The molecule has 1 rings (SSSR count). The first kappa shape index (κ1) is 15.7. The minimum Gasteiger partial charge on any atom is -0.462 e. The molecule has 0 bridgehead atoms. The number of hydrogen-bond acceptors (Lipinski definition) is 3. The Morgan fingerprint density at radius 1 is 1.11 bits per heavy atom. The van der Waals surface area contributed by atoms with Gasteiger partial charge in [0, 0.05) is 6.61 Å². The zero-order valence-corrected chi connectivity index (χ0v) is 12.0. The average Bonchev–Trinajstić information content (AvgIpc) is 2.44. The van der Waals surface area contributed by atoms with E-state index in [1.807, 2.05) is 18.2 Å². The number of benzene rings is 1. The van der Waals surface area contributed by atoms with Gasteiger partial charge in [-0.3, -0.25) is 0 Å². The summed E-state index contributed by atoms with van der Waals surface area (Å²) in [6.07, 6.45) is 4.13. The molecule has 0 aliphatic carbocycles. The van der Waals surface area contributed by atoms with Gasteiger partial charge in [-0.15, -0.1) is 0 Å². The highest BCUT2D eigenvalue weighted by Gasteiger charge is 2.07.